The van der Waals surface area contributed by atoms with Crippen LogP contribution in [0.2, 0.25) is 0 Å². The molecule has 236 valence electrons. The lowest BCUT2D eigenvalue weighted by Crippen LogP contribution is -2.55. The first kappa shape index (κ1) is 31.4. The number of nitrogen functional groups attached to an aromatic ring is 1. The number of nitrogens with zero attached hydrogens (tertiary/aromatic N) is 8. The summed E-state index contributed by atoms with van der Waals surface area (Å²) < 4.78 is 61.8. The summed E-state index contributed by atoms with van der Waals surface area (Å²) in [6.07, 6.45) is -2.61. The summed E-state index contributed by atoms with van der Waals surface area (Å²) in [6.45, 7) is 6.73. The Morgan fingerprint density at radius 3 is 2.64 bits per heavy atom. The van der Waals surface area contributed by atoms with Gasteiger partial charge in [0.1, 0.15) is 18.2 Å². The van der Waals surface area contributed by atoms with Gasteiger partial charge in [-0.25, -0.2) is 9.37 Å². The molecule has 2 saturated heterocycles. The topological polar surface area (TPSA) is 128 Å². The second kappa shape index (κ2) is 12.5. The molecule has 3 aliphatic heterocycles. The number of fused-ring (bicyclic) bond motifs is 1. The van der Waals surface area contributed by atoms with E-state index in [1.54, 1.807) is 4.90 Å². The summed E-state index contributed by atoms with van der Waals surface area (Å²) in [5, 5.41) is 9.43. The van der Waals surface area contributed by atoms with Crippen molar-refractivity contribution in [1.29, 1.82) is 5.26 Å². The fourth-order valence-electron chi connectivity index (χ4n) is 6.31. The molecule has 0 radical (unpaired) electrons. The van der Waals surface area contributed by atoms with Crippen LogP contribution >= 0.6 is 0 Å². The van der Waals surface area contributed by atoms with Crippen LogP contribution in [0.15, 0.2) is 18.5 Å². The highest BCUT2D eigenvalue weighted by molar-refractivity contribution is 5.91. The fraction of sp³-hybridized carbons (Fsp3) is 0.552. The zero-order valence-electron chi connectivity index (χ0n) is 24.7. The number of ether oxygens (including phenoxy) is 1. The predicted molar refractivity (Wildman–Crippen MR) is 153 cm³/mol. The van der Waals surface area contributed by atoms with E-state index in [2.05, 4.69) is 27.5 Å². The largest absolute Gasteiger partial charge is 0.462 e. The Hall–Kier alpha value is -4.03. The summed E-state index contributed by atoms with van der Waals surface area (Å²) in [4.78, 5) is 33.1. The highest BCUT2D eigenvalue weighted by Gasteiger charge is 2.39. The maximum absolute atomic E-state index is 14.0. The first-order valence-corrected chi connectivity index (χ1v) is 14.4. The van der Waals surface area contributed by atoms with Gasteiger partial charge in [0, 0.05) is 50.9 Å². The molecule has 44 heavy (non-hydrogen) atoms. The molecular weight excluding hydrogens is 582 g/mol. The van der Waals surface area contributed by atoms with Crippen LogP contribution in [0.3, 0.4) is 0 Å². The Morgan fingerprint density at radius 1 is 1.20 bits per heavy atom. The minimum atomic E-state index is -4.61. The van der Waals surface area contributed by atoms with Crippen LogP contribution < -0.4 is 15.4 Å². The van der Waals surface area contributed by atoms with E-state index in [4.69, 9.17) is 15.5 Å². The van der Waals surface area contributed by atoms with E-state index >= 15 is 0 Å². The summed E-state index contributed by atoms with van der Waals surface area (Å²) in [5.41, 5.74) is 6.15. The highest BCUT2D eigenvalue weighted by Crippen LogP contribution is 2.38. The number of likely N-dealkylation sites (N-methyl/N-ethyl adjacent to an activating group) is 1. The van der Waals surface area contributed by atoms with E-state index in [9.17, 15) is 27.6 Å². The number of carbonyl (C=O) groups is 1. The number of alkyl halides is 3. The maximum atomic E-state index is 14.0. The van der Waals surface area contributed by atoms with E-state index < -0.39 is 29.5 Å². The highest BCUT2D eigenvalue weighted by atomic mass is 19.4. The number of anilines is 2. The van der Waals surface area contributed by atoms with Gasteiger partial charge in [-0.15, -0.1) is 0 Å². The van der Waals surface area contributed by atoms with Crippen LogP contribution in [0.4, 0.5) is 29.2 Å². The van der Waals surface area contributed by atoms with E-state index in [0.29, 0.717) is 23.7 Å². The van der Waals surface area contributed by atoms with Gasteiger partial charge >= 0.3 is 12.2 Å². The van der Waals surface area contributed by atoms with Crippen LogP contribution in [0.25, 0.3) is 0 Å². The number of aromatic nitrogens is 3. The Labute approximate surface area is 252 Å². The number of pyridine rings is 1. The van der Waals surface area contributed by atoms with Gasteiger partial charge in [-0.05, 0) is 45.0 Å². The van der Waals surface area contributed by atoms with Crippen LogP contribution in [-0.4, -0.2) is 87.5 Å². The summed E-state index contributed by atoms with van der Waals surface area (Å²) in [7, 11) is 2.03. The predicted octanol–water partition coefficient (Wildman–Crippen LogP) is 3.18. The minimum absolute atomic E-state index is 0.00201. The number of hydrogen-bond donors (Lipinski definition) is 1. The summed E-state index contributed by atoms with van der Waals surface area (Å²) in [5.74, 6) is -1.45. The molecule has 0 aromatic carbocycles. The van der Waals surface area contributed by atoms with Crippen molar-refractivity contribution in [2.45, 2.75) is 64.1 Å². The number of hydrogen-bond acceptors (Lipinski definition) is 10. The number of nitrogens with two attached hydrogens (primary N) is 1. The number of likely N-dealkylation sites (tertiary alicyclic amines) is 1. The molecule has 5 heterocycles. The number of aryl methyl sites for hydroxylation is 1. The molecule has 2 aromatic rings. The average Bonchev–Trinajstić information content (AvgIpc) is 3.54. The molecule has 2 aromatic heterocycles. The van der Waals surface area contributed by atoms with Crippen molar-refractivity contribution in [2.24, 2.45) is 0 Å². The van der Waals surface area contributed by atoms with Crippen LogP contribution in [0.1, 0.15) is 47.3 Å². The molecule has 5 rings (SSSR count). The van der Waals surface area contributed by atoms with Gasteiger partial charge in [0.15, 0.2) is 5.83 Å². The maximum Gasteiger partial charge on any atom is 0.418 e. The molecule has 2 N–H and O–H groups in total. The van der Waals surface area contributed by atoms with Gasteiger partial charge in [-0.2, -0.15) is 28.4 Å². The van der Waals surface area contributed by atoms with Gasteiger partial charge in [0.05, 0.1) is 35.5 Å². The standard InChI is InChI=1S/C29H35F4N9O2/c1-17-11-24(35)36-23(25(17)29(31,32)33)15-40-13-21-22(14-40)37-28(44-16-20-5-4-8-39(20)3)38-26(21)41-9-10-42(27(43)18(2)30)19(12-41)6-7-34/h11,19-20H,2,4-6,8-10,12-16H2,1,3H3,(H2,35,36)/t19-,20-/m0/s1. The average molecular weight is 618 g/mol. The Bertz CT molecular complexity index is 1480. The van der Waals surface area contributed by atoms with E-state index in [0.717, 1.165) is 19.4 Å². The molecule has 11 nitrogen and oxygen atoms in total. The van der Waals surface area contributed by atoms with Gasteiger partial charge in [0.25, 0.3) is 5.91 Å². The van der Waals surface area contributed by atoms with Crippen LogP contribution in [0, 0.1) is 18.3 Å². The normalized spacial score (nSPS) is 20.9. The lowest BCUT2D eigenvalue weighted by Gasteiger charge is -2.41. The number of halogens is 4. The Kier molecular flexibility index (Phi) is 8.94. The molecule has 1 amide bonds. The van der Waals surface area contributed by atoms with E-state index in [-0.39, 0.29) is 74.8 Å². The third-order valence-electron chi connectivity index (χ3n) is 8.45. The molecular formula is C29H35F4N9O2. The second-order valence-electron chi connectivity index (χ2n) is 11.5. The smallest absolute Gasteiger partial charge is 0.418 e. The van der Waals surface area contributed by atoms with Gasteiger partial charge in [-0.3, -0.25) is 9.69 Å². The molecule has 3 aliphatic rings. The molecule has 2 atom stereocenters. The number of amides is 1. The van der Waals surface area contributed by atoms with E-state index in [1.807, 2.05) is 11.9 Å². The van der Waals surface area contributed by atoms with Gasteiger partial charge in [-0.1, -0.05) is 6.58 Å². The van der Waals surface area contributed by atoms with Crippen molar-refractivity contribution < 1.29 is 27.1 Å². The van der Waals surface area contributed by atoms with Crippen molar-refractivity contribution in [3.8, 4) is 12.1 Å². The first-order valence-electron chi connectivity index (χ1n) is 14.4. The minimum Gasteiger partial charge on any atom is -0.462 e. The van der Waals surface area contributed by atoms with Gasteiger partial charge in [0.2, 0.25) is 0 Å². The molecule has 0 saturated carbocycles. The van der Waals surface area contributed by atoms with Crippen LogP contribution in [0.5, 0.6) is 6.01 Å². The molecule has 0 unspecified atom stereocenters. The molecule has 0 bridgehead atoms. The fourth-order valence-corrected chi connectivity index (χ4v) is 6.31. The lowest BCUT2D eigenvalue weighted by atomic mass is 10.1. The third-order valence-corrected chi connectivity index (χ3v) is 8.45. The Morgan fingerprint density at radius 2 is 1.98 bits per heavy atom. The number of rotatable bonds is 8. The summed E-state index contributed by atoms with van der Waals surface area (Å²) >= 11 is 0. The zero-order valence-corrected chi connectivity index (χ0v) is 24.7. The van der Waals surface area contributed by atoms with Crippen LogP contribution in [-0.2, 0) is 30.6 Å². The number of carbonyl (C=O) groups excluding carboxylic acids is 1. The molecule has 2 fully saturated rings. The molecule has 0 spiro atoms. The second-order valence-corrected chi connectivity index (χ2v) is 11.5. The molecule has 0 aliphatic carbocycles. The van der Waals surface area contributed by atoms with Crippen molar-refractivity contribution in [3.63, 3.8) is 0 Å². The van der Waals surface area contributed by atoms with Crippen molar-refractivity contribution in [2.75, 3.05) is 50.5 Å². The number of piperazine rings is 1. The monoisotopic (exact) mass is 617 g/mol. The quantitative estimate of drug-likeness (QED) is 0.349. The third kappa shape index (κ3) is 6.56. The first-order chi connectivity index (χ1) is 20.8. The number of nitriles is 1. The SMILES string of the molecule is C=C(F)C(=O)N1CCN(c2nc(OC[C@@H]3CCCN3C)nc3c2CN(Cc2nc(N)cc(C)c2C(F)(F)F)C3)C[C@@H]1CC#N. The molecule has 15 heteroatoms. The van der Waals surface area contributed by atoms with E-state index in [1.165, 1.54) is 17.9 Å². The lowest BCUT2D eigenvalue weighted by molar-refractivity contribution is -0.139. The van der Waals surface area contributed by atoms with Crippen molar-refractivity contribution >= 4 is 17.5 Å². The van der Waals surface area contributed by atoms with Crippen molar-refractivity contribution in [3.05, 3.63) is 46.6 Å². The van der Waals surface area contributed by atoms with Crippen molar-refractivity contribution in [1.82, 2.24) is 29.7 Å². The Balaban J connectivity index is 1.45. The zero-order chi connectivity index (χ0) is 31.8. The van der Waals surface area contributed by atoms with Gasteiger partial charge < -0.3 is 25.2 Å². The summed E-state index contributed by atoms with van der Waals surface area (Å²) in [6, 6.07) is 2.99.